The summed E-state index contributed by atoms with van der Waals surface area (Å²) in [5, 5.41) is 13.2. The Morgan fingerprint density at radius 3 is 2.72 bits per heavy atom. The maximum Gasteiger partial charge on any atom is 0.223 e. The van der Waals surface area contributed by atoms with Crippen molar-refractivity contribution >= 4 is 0 Å². The first-order valence-electron chi connectivity index (χ1n) is 5.77. The van der Waals surface area contributed by atoms with Crippen molar-refractivity contribution in [3.05, 3.63) is 41.0 Å². The van der Waals surface area contributed by atoms with E-state index in [1.807, 2.05) is 25.1 Å². The lowest BCUT2D eigenvalue weighted by molar-refractivity contribution is 0.199. The predicted molar refractivity (Wildman–Crippen MR) is 65.2 cm³/mol. The highest BCUT2D eigenvalue weighted by molar-refractivity contribution is 5.36. The average Bonchev–Trinajstić information content (AvgIpc) is 2.73. The van der Waals surface area contributed by atoms with Gasteiger partial charge in [0.2, 0.25) is 11.7 Å². The molecule has 5 nitrogen and oxygen atoms in total. The van der Waals surface area contributed by atoms with Crippen molar-refractivity contribution in [3.63, 3.8) is 0 Å². The van der Waals surface area contributed by atoms with Gasteiger partial charge in [-0.15, -0.1) is 0 Å². The summed E-state index contributed by atoms with van der Waals surface area (Å²) in [7, 11) is 0. The van der Waals surface area contributed by atoms with Crippen molar-refractivity contribution < 1.29 is 14.4 Å². The summed E-state index contributed by atoms with van der Waals surface area (Å²) in [6.07, 6.45) is -0.474. The molecule has 96 valence electrons. The molecule has 2 aromatic rings. The summed E-state index contributed by atoms with van der Waals surface area (Å²) < 4.78 is 10.5. The lowest BCUT2D eigenvalue weighted by Crippen LogP contribution is -2.00. The van der Waals surface area contributed by atoms with Gasteiger partial charge in [-0.25, -0.2) is 0 Å². The van der Waals surface area contributed by atoms with Crippen LogP contribution in [0.2, 0.25) is 0 Å². The third-order valence-corrected chi connectivity index (χ3v) is 2.61. The number of hydrogen-bond acceptors (Lipinski definition) is 5. The molecule has 18 heavy (non-hydrogen) atoms. The molecule has 1 N–H and O–H groups in total. The minimum atomic E-state index is -0.474. The summed E-state index contributed by atoms with van der Waals surface area (Å²) in [5.41, 5.74) is 1.84. The highest BCUT2D eigenvalue weighted by Crippen LogP contribution is 2.23. The number of hydrogen-bond donors (Lipinski definition) is 1. The van der Waals surface area contributed by atoms with E-state index in [0.717, 1.165) is 16.9 Å². The lowest BCUT2D eigenvalue weighted by Gasteiger charge is -2.10. The van der Waals surface area contributed by atoms with Crippen molar-refractivity contribution in [2.75, 3.05) is 0 Å². The molecule has 0 unspecified atom stereocenters. The molecule has 1 aromatic carbocycles. The number of nitrogens with zero attached hydrogens (tertiary/aromatic N) is 2. The maximum atomic E-state index is 9.48. The SMILES string of the molecule is Cc1nc(COc2ccc([C@H](C)O)cc2C)no1. The van der Waals surface area contributed by atoms with Crippen LogP contribution in [0.1, 0.15) is 35.9 Å². The van der Waals surface area contributed by atoms with Crippen LogP contribution in [0.3, 0.4) is 0 Å². The Morgan fingerprint density at radius 1 is 1.39 bits per heavy atom. The molecule has 0 amide bonds. The molecule has 1 aromatic heterocycles. The number of aliphatic hydroxyl groups is 1. The molecular weight excluding hydrogens is 232 g/mol. The van der Waals surface area contributed by atoms with Crippen molar-refractivity contribution in [1.29, 1.82) is 0 Å². The summed E-state index contributed by atoms with van der Waals surface area (Å²) >= 11 is 0. The summed E-state index contributed by atoms with van der Waals surface area (Å²) in [4.78, 5) is 4.06. The van der Waals surface area contributed by atoms with Gasteiger partial charge in [-0.2, -0.15) is 4.98 Å². The Bertz CT molecular complexity index is 535. The molecule has 1 atom stereocenters. The van der Waals surface area contributed by atoms with Crippen LogP contribution in [0, 0.1) is 13.8 Å². The molecule has 1 heterocycles. The predicted octanol–water partition coefficient (Wildman–Crippen LogP) is 2.32. The third kappa shape index (κ3) is 2.87. The molecule has 0 aliphatic carbocycles. The second-order valence-electron chi connectivity index (χ2n) is 4.22. The van der Waals surface area contributed by atoms with E-state index in [1.165, 1.54) is 0 Å². The molecule has 0 bridgehead atoms. The van der Waals surface area contributed by atoms with E-state index in [9.17, 15) is 5.11 Å². The Balaban J connectivity index is 2.05. The minimum absolute atomic E-state index is 0.270. The van der Waals surface area contributed by atoms with Crippen LogP contribution in [-0.2, 0) is 6.61 Å². The van der Waals surface area contributed by atoms with E-state index in [-0.39, 0.29) is 6.61 Å². The van der Waals surface area contributed by atoms with Gasteiger partial charge >= 0.3 is 0 Å². The van der Waals surface area contributed by atoms with Gasteiger partial charge in [0.15, 0.2) is 6.61 Å². The molecule has 2 rings (SSSR count). The van der Waals surface area contributed by atoms with Gasteiger partial charge in [-0.1, -0.05) is 11.2 Å². The van der Waals surface area contributed by atoms with Gasteiger partial charge in [0, 0.05) is 6.92 Å². The normalized spacial score (nSPS) is 12.4. The number of aliphatic hydroxyl groups excluding tert-OH is 1. The van der Waals surface area contributed by atoms with Crippen LogP contribution < -0.4 is 4.74 Å². The molecule has 0 spiro atoms. The zero-order valence-corrected chi connectivity index (χ0v) is 10.7. The van der Waals surface area contributed by atoms with Crippen LogP contribution >= 0.6 is 0 Å². The smallest absolute Gasteiger partial charge is 0.223 e. The van der Waals surface area contributed by atoms with E-state index in [1.54, 1.807) is 13.8 Å². The average molecular weight is 248 g/mol. The zero-order valence-electron chi connectivity index (χ0n) is 10.7. The fourth-order valence-electron chi connectivity index (χ4n) is 1.64. The zero-order chi connectivity index (χ0) is 13.1. The number of aryl methyl sites for hydroxylation is 2. The van der Waals surface area contributed by atoms with E-state index in [0.29, 0.717) is 11.7 Å². The molecule has 0 aliphatic heterocycles. The van der Waals surface area contributed by atoms with E-state index >= 15 is 0 Å². The van der Waals surface area contributed by atoms with Crippen molar-refractivity contribution in [2.45, 2.75) is 33.5 Å². The van der Waals surface area contributed by atoms with Crippen LogP contribution in [0.15, 0.2) is 22.7 Å². The van der Waals surface area contributed by atoms with Crippen molar-refractivity contribution in [3.8, 4) is 5.75 Å². The Hall–Kier alpha value is -1.88. The fourth-order valence-corrected chi connectivity index (χ4v) is 1.64. The fraction of sp³-hybridized carbons (Fsp3) is 0.385. The number of benzene rings is 1. The minimum Gasteiger partial charge on any atom is -0.485 e. The molecule has 0 saturated heterocycles. The molecule has 5 heteroatoms. The molecular formula is C13H16N2O3. The largest absolute Gasteiger partial charge is 0.485 e. The molecule has 0 radical (unpaired) electrons. The highest BCUT2D eigenvalue weighted by atomic mass is 16.5. The maximum absolute atomic E-state index is 9.48. The lowest BCUT2D eigenvalue weighted by atomic mass is 10.1. The van der Waals surface area contributed by atoms with Crippen LogP contribution in [0.25, 0.3) is 0 Å². The summed E-state index contributed by atoms with van der Waals surface area (Å²) in [5.74, 6) is 1.79. The van der Waals surface area contributed by atoms with Gasteiger partial charge < -0.3 is 14.4 Å². The van der Waals surface area contributed by atoms with Gasteiger partial charge in [-0.3, -0.25) is 0 Å². The first-order valence-corrected chi connectivity index (χ1v) is 5.77. The number of rotatable bonds is 4. The van der Waals surface area contributed by atoms with Crippen LogP contribution in [0.4, 0.5) is 0 Å². The van der Waals surface area contributed by atoms with E-state index in [2.05, 4.69) is 10.1 Å². The van der Waals surface area contributed by atoms with Gasteiger partial charge in [0.05, 0.1) is 6.10 Å². The summed E-state index contributed by atoms with van der Waals surface area (Å²) in [6, 6.07) is 5.58. The number of ether oxygens (including phenoxy) is 1. The number of aromatic nitrogens is 2. The molecule has 0 aliphatic rings. The summed E-state index contributed by atoms with van der Waals surface area (Å²) in [6.45, 7) is 5.67. The van der Waals surface area contributed by atoms with Crippen molar-refractivity contribution in [1.82, 2.24) is 10.1 Å². The molecule has 0 fully saturated rings. The second kappa shape index (κ2) is 5.18. The van der Waals surface area contributed by atoms with E-state index < -0.39 is 6.10 Å². The van der Waals surface area contributed by atoms with Gasteiger partial charge in [0.25, 0.3) is 0 Å². The van der Waals surface area contributed by atoms with Crippen LogP contribution in [-0.4, -0.2) is 15.2 Å². The standard InChI is InChI=1S/C13H16N2O3/c1-8-6-11(9(2)16)4-5-12(8)17-7-13-14-10(3)18-15-13/h4-6,9,16H,7H2,1-3H3/t9-/m0/s1. The van der Waals surface area contributed by atoms with Crippen LogP contribution in [0.5, 0.6) is 5.75 Å². The Morgan fingerprint density at radius 2 is 2.17 bits per heavy atom. The first kappa shape index (κ1) is 12.6. The second-order valence-corrected chi connectivity index (χ2v) is 4.22. The highest BCUT2D eigenvalue weighted by Gasteiger charge is 2.07. The quantitative estimate of drug-likeness (QED) is 0.899. The van der Waals surface area contributed by atoms with Crippen molar-refractivity contribution in [2.24, 2.45) is 0 Å². The topological polar surface area (TPSA) is 68.4 Å². The molecule has 0 saturated carbocycles. The third-order valence-electron chi connectivity index (χ3n) is 2.61. The monoisotopic (exact) mass is 248 g/mol. The Kier molecular flexibility index (Phi) is 3.62. The van der Waals surface area contributed by atoms with Gasteiger partial charge in [-0.05, 0) is 37.1 Å². The van der Waals surface area contributed by atoms with E-state index in [4.69, 9.17) is 9.26 Å². The Labute approximate surface area is 105 Å². The first-order chi connectivity index (χ1) is 8.56. The van der Waals surface area contributed by atoms with Gasteiger partial charge in [0.1, 0.15) is 5.75 Å².